The monoisotopic (exact) mass is 272 g/mol. The first-order valence-electron chi connectivity index (χ1n) is 5.42. The van der Waals surface area contributed by atoms with Crippen LogP contribution < -0.4 is 4.72 Å². The van der Waals surface area contributed by atoms with Gasteiger partial charge in [0.2, 0.25) is 10.0 Å². The van der Waals surface area contributed by atoms with Gasteiger partial charge in [0.05, 0.1) is 15.9 Å². The van der Waals surface area contributed by atoms with Gasteiger partial charge in [0.15, 0.2) is 0 Å². The van der Waals surface area contributed by atoms with Crippen LogP contribution in [0.15, 0.2) is 12.1 Å². The summed E-state index contributed by atoms with van der Waals surface area (Å²) in [6.45, 7) is 6.33. The second-order valence-electron chi connectivity index (χ2n) is 4.41. The number of nitro benzene ring substituents is 1. The number of rotatable bonds is 4. The van der Waals surface area contributed by atoms with E-state index in [0.717, 1.165) is 0 Å². The summed E-state index contributed by atoms with van der Waals surface area (Å²) >= 11 is 0. The quantitative estimate of drug-likeness (QED) is 0.673. The minimum Gasteiger partial charge on any atom is -0.283 e. The Morgan fingerprint density at radius 3 is 2.22 bits per heavy atom. The lowest BCUT2D eigenvalue weighted by atomic mass is 10.1. The molecule has 0 atom stereocenters. The van der Waals surface area contributed by atoms with E-state index in [-0.39, 0.29) is 5.69 Å². The van der Waals surface area contributed by atoms with Crippen molar-refractivity contribution in [3.05, 3.63) is 33.4 Å². The molecular weight excluding hydrogens is 256 g/mol. The molecule has 0 aromatic heterocycles. The molecule has 1 rings (SSSR count). The van der Waals surface area contributed by atoms with Crippen LogP contribution in [0.4, 0.5) is 11.4 Å². The second-order valence-corrected chi connectivity index (χ2v) is 6.64. The minimum atomic E-state index is -3.44. The van der Waals surface area contributed by atoms with Gasteiger partial charge in [-0.05, 0) is 39.3 Å². The van der Waals surface area contributed by atoms with Crippen LogP contribution in [0.1, 0.15) is 25.0 Å². The third kappa shape index (κ3) is 2.98. The van der Waals surface area contributed by atoms with Gasteiger partial charge in [-0.25, -0.2) is 8.42 Å². The van der Waals surface area contributed by atoms with Crippen molar-refractivity contribution < 1.29 is 13.3 Å². The number of aryl methyl sites for hydroxylation is 2. The fourth-order valence-electron chi connectivity index (χ4n) is 1.38. The van der Waals surface area contributed by atoms with Crippen LogP contribution in [0.5, 0.6) is 0 Å². The van der Waals surface area contributed by atoms with Gasteiger partial charge in [0, 0.05) is 11.6 Å². The summed E-state index contributed by atoms with van der Waals surface area (Å²) in [7, 11) is -3.44. The number of nitrogens with one attached hydrogen (secondary N) is 1. The van der Waals surface area contributed by atoms with Crippen molar-refractivity contribution in [2.24, 2.45) is 0 Å². The molecule has 0 heterocycles. The molecule has 7 heteroatoms. The summed E-state index contributed by atoms with van der Waals surface area (Å²) in [6, 6.07) is 2.85. The molecule has 100 valence electrons. The molecule has 1 aromatic carbocycles. The maximum atomic E-state index is 11.7. The van der Waals surface area contributed by atoms with Gasteiger partial charge in [-0.1, -0.05) is 0 Å². The van der Waals surface area contributed by atoms with Gasteiger partial charge >= 0.3 is 0 Å². The van der Waals surface area contributed by atoms with Crippen molar-refractivity contribution in [2.75, 3.05) is 4.72 Å². The van der Waals surface area contributed by atoms with E-state index in [1.165, 1.54) is 12.1 Å². The average molecular weight is 272 g/mol. The maximum absolute atomic E-state index is 11.7. The minimum absolute atomic E-state index is 0.0139. The molecule has 0 aliphatic carbocycles. The van der Waals surface area contributed by atoms with E-state index in [9.17, 15) is 18.5 Å². The van der Waals surface area contributed by atoms with Crippen LogP contribution in [0.2, 0.25) is 0 Å². The highest BCUT2D eigenvalue weighted by Gasteiger charge is 2.19. The summed E-state index contributed by atoms with van der Waals surface area (Å²) in [5.41, 5.74) is 1.32. The molecule has 0 amide bonds. The van der Waals surface area contributed by atoms with Gasteiger partial charge in [-0.3, -0.25) is 14.8 Å². The Labute approximate surface area is 106 Å². The second kappa shape index (κ2) is 4.93. The SMILES string of the molecule is Cc1cc([N+](=O)[O-])c(C)cc1NS(=O)(=O)C(C)C. The lowest BCUT2D eigenvalue weighted by Gasteiger charge is -2.13. The smallest absolute Gasteiger partial charge is 0.272 e. The van der Waals surface area contributed by atoms with Crippen LogP contribution >= 0.6 is 0 Å². The Kier molecular flexibility index (Phi) is 3.95. The van der Waals surface area contributed by atoms with Crippen LogP contribution in [-0.4, -0.2) is 18.6 Å². The lowest BCUT2D eigenvalue weighted by Crippen LogP contribution is -2.23. The Morgan fingerprint density at radius 1 is 1.22 bits per heavy atom. The summed E-state index contributed by atoms with van der Waals surface area (Å²) < 4.78 is 25.9. The number of sulfonamides is 1. The number of hydrogen-bond acceptors (Lipinski definition) is 4. The molecule has 6 nitrogen and oxygen atoms in total. The zero-order chi connectivity index (χ0) is 14.1. The molecule has 18 heavy (non-hydrogen) atoms. The fourth-order valence-corrected chi connectivity index (χ4v) is 2.14. The summed E-state index contributed by atoms with van der Waals surface area (Å²) in [4.78, 5) is 10.3. The molecule has 0 saturated carbocycles. The van der Waals surface area contributed by atoms with Crippen molar-refractivity contribution >= 4 is 21.4 Å². The third-order valence-electron chi connectivity index (χ3n) is 2.61. The molecule has 0 radical (unpaired) electrons. The summed E-state index contributed by atoms with van der Waals surface area (Å²) in [5, 5.41) is 10.2. The van der Waals surface area contributed by atoms with E-state index in [1.807, 2.05) is 0 Å². The normalized spacial score (nSPS) is 11.6. The first-order valence-corrected chi connectivity index (χ1v) is 6.97. The molecule has 0 aliphatic rings. The zero-order valence-corrected chi connectivity index (χ0v) is 11.5. The molecule has 0 saturated heterocycles. The van der Waals surface area contributed by atoms with Crippen molar-refractivity contribution in [3.63, 3.8) is 0 Å². The highest BCUT2D eigenvalue weighted by Crippen LogP contribution is 2.27. The predicted octanol–water partition coefficient (Wildman–Crippen LogP) is 2.36. The van der Waals surface area contributed by atoms with Gasteiger partial charge in [-0.2, -0.15) is 0 Å². The van der Waals surface area contributed by atoms with Crippen LogP contribution in [0.3, 0.4) is 0 Å². The molecule has 0 spiro atoms. The first-order chi connectivity index (χ1) is 8.15. The molecular formula is C11H16N2O4S. The topological polar surface area (TPSA) is 89.3 Å². The molecule has 0 bridgehead atoms. The Bertz CT molecular complexity index is 579. The van der Waals surface area contributed by atoms with E-state index in [4.69, 9.17) is 0 Å². The van der Waals surface area contributed by atoms with Crippen molar-refractivity contribution in [1.29, 1.82) is 0 Å². The van der Waals surface area contributed by atoms with E-state index in [2.05, 4.69) is 4.72 Å². The predicted molar refractivity (Wildman–Crippen MR) is 70.2 cm³/mol. The first kappa shape index (κ1) is 14.4. The Hall–Kier alpha value is -1.63. The number of hydrogen-bond donors (Lipinski definition) is 1. The maximum Gasteiger partial charge on any atom is 0.272 e. The number of anilines is 1. The molecule has 1 aromatic rings. The van der Waals surface area contributed by atoms with Crippen molar-refractivity contribution in [1.82, 2.24) is 0 Å². The molecule has 0 aliphatic heterocycles. The van der Waals surface area contributed by atoms with Gasteiger partial charge < -0.3 is 0 Å². The van der Waals surface area contributed by atoms with E-state index in [1.54, 1.807) is 27.7 Å². The zero-order valence-electron chi connectivity index (χ0n) is 10.7. The van der Waals surface area contributed by atoms with Gasteiger partial charge in [0.25, 0.3) is 5.69 Å². The summed E-state index contributed by atoms with van der Waals surface area (Å²) in [5.74, 6) is 0. The average Bonchev–Trinajstić information content (AvgIpc) is 2.21. The van der Waals surface area contributed by atoms with E-state index >= 15 is 0 Å². The molecule has 0 fully saturated rings. The van der Waals surface area contributed by atoms with E-state index in [0.29, 0.717) is 16.8 Å². The largest absolute Gasteiger partial charge is 0.283 e. The van der Waals surface area contributed by atoms with Crippen molar-refractivity contribution in [2.45, 2.75) is 32.9 Å². The van der Waals surface area contributed by atoms with Crippen LogP contribution in [-0.2, 0) is 10.0 Å². The van der Waals surface area contributed by atoms with Gasteiger partial charge in [-0.15, -0.1) is 0 Å². The number of nitrogens with zero attached hydrogens (tertiary/aromatic N) is 1. The fraction of sp³-hybridized carbons (Fsp3) is 0.455. The Morgan fingerprint density at radius 2 is 1.78 bits per heavy atom. The Balaban J connectivity index is 3.22. The number of benzene rings is 1. The molecule has 1 N–H and O–H groups in total. The van der Waals surface area contributed by atoms with Crippen LogP contribution in [0.25, 0.3) is 0 Å². The lowest BCUT2D eigenvalue weighted by molar-refractivity contribution is -0.385. The molecule has 0 unspecified atom stereocenters. The highest BCUT2D eigenvalue weighted by molar-refractivity contribution is 7.93. The standard InChI is InChI=1S/C11H16N2O4S/c1-7(2)18(16,17)12-10-5-9(4)11(13(14)15)6-8(10)3/h5-7,12H,1-4H3. The number of nitro groups is 1. The van der Waals surface area contributed by atoms with Crippen molar-refractivity contribution in [3.8, 4) is 0 Å². The van der Waals surface area contributed by atoms with Crippen LogP contribution in [0, 0.1) is 24.0 Å². The van der Waals surface area contributed by atoms with Gasteiger partial charge in [0.1, 0.15) is 0 Å². The highest BCUT2D eigenvalue weighted by atomic mass is 32.2. The summed E-state index contributed by atoms with van der Waals surface area (Å²) in [6.07, 6.45) is 0. The third-order valence-corrected chi connectivity index (χ3v) is 4.36. The van der Waals surface area contributed by atoms with E-state index < -0.39 is 20.2 Å².